The van der Waals surface area contributed by atoms with Crippen LogP contribution in [0.5, 0.6) is 5.75 Å². The Morgan fingerprint density at radius 1 is 1.39 bits per heavy atom. The van der Waals surface area contributed by atoms with Gasteiger partial charge in [-0.15, -0.1) is 0 Å². The molecule has 0 N–H and O–H groups in total. The van der Waals surface area contributed by atoms with Gasteiger partial charge in [0.25, 0.3) is 0 Å². The Kier molecular flexibility index (Phi) is 2.49. The highest BCUT2D eigenvalue weighted by atomic mass is 35.5. The molecule has 1 aromatic rings. The van der Waals surface area contributed by atoms with E-state index in [1.165, 1.54) is 0 Å². The maximum absolute atomic E-state index is 12.1. The third-order valence-electron chi connectivity index (χ3n) is 3.34. The second kappa shape index (κ2) is 3.82. The van der Waals surface area contributed by atoms with Gasteiger partial charge in [-0.1, -0.05) is 25.4 Å². The number of nitrogens with zero attached hydrogens (tertiary/aromatic N) is 1. The van der Waals surface area contributed by atoms with Crippen LogP contribution in [-0.4, -0.2) is 17.6 Å². The average Bonchev–Trinajstić information content (AvgIpc) is 2.25. The molecule has 1 unspecified atom stereocenters. The molecule has 1 saturated carbocycles. The van der Waals surface area contributed by atoms with E-state index in [0.717, 1.165) is 17.8 Å². The van der Waals surface area contributed by atoms with E-state index in [9.17, 15) is 4.79 Å². The Balaban J connectivity index is 2.06. The molecule has 1 heterocycles. The van der Waals surface area contributed by atoms with E-state index in [1.54, 1.807) is 18.2 Å². The van der Waals surface area contributed by atoms with Gasteiger partial charge in [-0.25, -0.2) is 4.99 Å². The van der Waals surface area contributed by atoms with Gasteiger partial charge in [0.2, 0.25) is 0 Å². The average molecular weight is 264 g/mol. The quantitative estimate of drug-likeness (QED) is 0.718. The van der Waals surface area contributed by atoms with E-state index in [1.807, 2.05) is 0 Å². The van der Waals surface area contributed by atoms with Crippen molar-refractivity contribution in [1.82, 2.24) is 0 Å². The van der Waals surface area contributed by atoms with Gasteiger partial charge >= 0.3 is 0 Å². The first-order valence-corrected chi connectivity index (χ1v) is 6.39. The molecule has 0 spiro atoms. The summed E-state index contributed by atoms with van der Waals surface area (Å²) in [7, 11) is 0. The number of carbonyl (C=O) groups excluding carboxylic acids is 1. The Morgan fingerprint density at radius 3 is 2.94 bits per heavy atom. The van der Waals surface area contributed by atoms with Crippen molar-refractivity contribution >= 4 is 28.8 Å². The van der Waals surface area contributed by atoms with E-state index < -0.39 is 6.10 Å². The molecule has 1 fully saturated rings. The number of hydrogen-bond donors (Lipinski definition) is 0. The van der Waals surface area contributed by atoms with E-state index in [4.69, 9.17) is 16.3 Å². The van der Waals surface area contributed by atoms with Crippen LogP contribution in [0.25, 0.3) is 0 Å². The summed E-state index contributed by atoms with van der Waals surface area (Å²) in [5.41, 5.74) is 1.51. The predicted octanol–water partition coefficient (Wildman–Crippen LogP) is 3.56. The van der Waals surface area contributed by atoms with Gasteiger partial charge in [0.05, 0.1) is 5.71 Å². The van der Waals surface area contributed by atoms with Crippen molar-refractivity contribution in [1.29, 1.82) is 0 Å². The predicted molar refractivity (Wildman–Crippen MR) is 71.0 cm³/mol. The summed E-state index contributed by atoms with van der Waals surface area (Å²) in [4.78, 5) is 16.6. The smallest absolute Gasteiger partial charge is 0.195 e. The number of hydrogen-bond acceptors (Lipinski definition) is 3. The molecule has 0 saturated heterocycles. The van der Waals surface area contributed by atoms with Crippen LogP contribution < -0.4 is 4.74 Å². The number of benzene rings is 1. The van der Waals surface area contributed by atoms with Gasteiger partial charge in [-0.05, 0) is 30.0 Å². The lowest BCUT2D eigenvalue weighted by Gasteiger charge is -2.36. The first kappa shape index (κ1) is 11.7. The highest BCUT2D eigenvalue weighted by Gasteiger charge is 2.41. The topological polar surface area (TPSA) is 38.7 Å². The monoisotopic (exact) mass is 263 g/mol. The summed E-state index contributed by atoms with van der Waals surface area (Å²) in [6, 6.07) is 5.29. The molecule has 3 nitrogen and oxygen atoms in total. The minimum atomic E-state index is -0.494. The minimum absolute atomic E-state index is 0.0359. The van der Waals surface area contributed by atoms with Crippen molar-refractivity contribution in [2.75, 3.05) is 0 Å². The van der Waals surface area contributed by atoms with E-state index >= 15 is 0 Å². The summed E-state index contributed by atoms with van der Waals surface area (Å²) < 4.78 is 5.76. The summed E-state index contributed by atoms with van der Waals surface area (Å²) in [5, 5.41) is 0.626. The summed E-state index contributed by atoms with van der Waals surface area (Å²) in [6.07, 6.45) is 0.835. The third kappa shape index (κ3) is 1.93. The lowest BCUT2D eigenvalue weighted by atomic mass is 9.74. The summed E-state index contributed by atoms with van der Waals surface area (Å²) in [5.74, 6) is 0.756. The van der Waals surface area contributed by atoms with Crippen molar-refractivity contribution in [2.45, 2.75) is 32.8 Å². The minimum Gasteiger partial charge on any atom is -0.474 e. The van der Waals surface area contributed by atoms with Gasteiger partial charge in [0, 0.05) is 11.4 Å². The van der Waals surface area contributed by atoms with Crippen molar-refractivity contribution in [3.8, 4) is 5.75 Å². The lowest BCUT2D eigenvalue weighted by Crippen LogP contribution is -2.46. The Morgan fingerprint density at radius 2 is 2.17 bits per heavy atom. The van der Waals surface area contributed by atoms with Crippen LogP contribution in [0, 0.1) is 5.41 Å². The molecule has 94 valence electrons. The third-order valence-corrected chi connectivity index (χ3v) is 3.57. The molecule has 2 aliphatic rings. The molecule has 1 aliphatic carbocycles. The second-order valence-electron chi connectivity index (χ2n) is 5.70. The molecule has 0 bridgehead atoms. The molecule has 18 heavy (non-hydrogen) atoms. The molecule has 4 heteroatoms. The SMILES string of the molecule is CC1(C)CC(=O)C2Oc3ccc(Cl)cc3N=C2C1. The first-order chi connectivity index (χ1) is 8.44. The largest absolute Gasteiger partial charge is 0.474 e. The highest BCUT2D eigenvalue weighted by Crippen LogP contribution is 2.41. The fourth-order valence-corrected chi connectivity index (χ4v) is 2.75. The van der Waals surface area contributed by atoms with Crippen molar-refractivity contribution in [2.24, 2.45) is 10.4 Å². The second-order valence-corrected chi connectivity index (χ2v) is 6.13. The zero-order valence-corrected chi connectivity index (χ0v) is 11.1. The Labute approximate surface area is 111 Å². The maximum atomic E-state index is 12.1. The number of fused-ring (bicyclic) bond motifs is 2. The molecular weight excluding hydrogens is 250 g/mol. The number of aliphatic imine (C=N–C) groups is 1. The van der Waals surface area contributed by atoms with Gasteiger partial charge in [0.15, 0.2) is 11.9 Å². The van der Waals surface area contributed by atoms with E-state index in [-0.39, 0.29) is 11.2 Å². The zero-order valence-electron chi connectivity index (χ0n) is 10.4. The maximum Gasteiger partial charge on any atom is 0.195 e. The van der Waals surface area contributed by atoms with E-state index in [0.29, 0.717) is 17.2 Å². The number of ketones is 1. The fraction of sp³-hybridized carbons (Fsp3) is 0.429. The van der Waals surface area contributed by atoms with Crippen molar-refractivity contribution in [3.63, 3.8) is 0 Å². The Hall–Kier alpha value is -1.35. The van der Waals surface area contributed by atoms with Gasteiger partial charge in [-0.2, -0.15) is 0 Å². The van der Waals surface area contributed by atoms with Crippen LogP contribution in [0.3, 0.4) is 0 Å². The summed E-state index contributed by atoms with van der Waals surface area (Å²) in [6.45, 7) is 4.16. The fourth-order valence-electron chi connectivity index (χ4n) is 2.59. The molecule has 1 aromatic carbocycles. The molecule has 0 radical (unpaired) electrons. The highest BCUT2D eigenvalue weighted by molar-refractivity contribution is 6.31. The van der Waals surface area contributed by atoms with Gasteiger partial charge in [0.1, 0.15) is 11.4 Å². The van der Waals surface area contributed by atoms with Crippen LogP contribution in [0.15, 0.2) is 23.2 Å². The molecule has 0 amide bonds. The van der Waals surface area contributed by atoms with Gasteiger partial charge < -0.3 is 4.74 Å². The molecule has 0 aromatic heterocycles. The van der Waals surface area contributed by atoms with Crippen molar-refractivity contribution < 1.29 is 9.53 Å². The lowest BCUT2D eigenvalue weighted by molar-refractivity contribution is -0.126. The number of halogens is 1. The van der Waals surface area contributed by atoms with Gasteiger partial charge in [-0.3, -0.25) is 4.79 Å². The number of carbonyl (C=O) groups is 1. The van der Waals surface area contributed by atoms with Crippen LogP contribution in [0.1, 0.15) is 26.7 Å². The standard InChI is InChI=1S/C14H14ClNO2/c1-14(2)6-10-13(11(17)7-14)18-12-4-3-8(15)5-9(12)16-10/h3-5,13H,6-7H2,1-2H3. The van der Waals surface area contributed by atoms with Crippen molar-refractivity contribution in [3.05, 3.63) is 23.2 Å². The van der Waals surface area contributed by atoms with Crippen LogP contribution in [0.4, 0.5) is 5.69 Å². The zero-order chi connectivity index (χ0) is 12.9. The van der Waals surface area contributed by atoms with E-state index in [2.05, 4.69) is 18.8 Å². The van der Waals surface area contributed by atoms with Crippen LogP contribution in [-0.2, 0) is 4.79 Å². The number of ether oxygens (including phenoxy) is 1. The first-order valence-electron chi connectivity index (χ1n) is 6.01. The Bertz CT molecular complexity index is 563. The molecule has 3 rings (SSSR count). The molecule has 1 atom stereocenters. The number of rotatable bonds is 0. The number of Topliss-reactive ketones (excluding diaryl/α,β-unsaturated/α-hetero) is 1. The normalized spacial score (nSPS) is 24.7. The summed E-state index contributed by atoms with van der Waals surface area (Å²) >= 11 is 5.94. The van der Waals surface area contributed by atoms with Crippen LogP contribution >= 0.6 is 11.6 Å². The molecule has 1 aliphatic heterocycles. The van der Waals surface area contributed by atoms with Crippen LogP contribution in [0.2, 0.25) is 5.02 Å². The molecular formula is C14H14ClNO2.